The van der Waals surface area contributed by atoms with Crippen molar-refractivity contribution in [3.8, 4) is 0 Å². The van der Waals surface area contributed by atoms with Gasteiger partial charge in [-0.2, -0.15) is 0 Å². The molecule has 2 heterocycles. The summed E-state index contributed by atoms with van der Waals surface area (Å²) < 4.78 is 0. The zero-order valence-corrected chi connectivity index (χ0v) is 13.7. The third kappa shape index (κ3) is 3.14. The van der Waals surface area contributed by atoms with Gasteiger partial charge in [0.1, 0.15) is 0 Å². The van der Waals surface area contributed by atoms with Gasteiger partial charge in [0.15, 0.2) is 0 Å². The Kier molecular flexibility index (Phi) is 4.06. The highest BCUT2D eigenvalue weighted by atomic mass is 15.3. The molecule has 21 heavy (non-hydrogen) atoms. The topological polar surface area (TPSA) is 28.2 Å². The molecule has 116 valence electrons. The van der Waals surface area contributed by atoms with E-state index in [2.05, 4.69) is 48.1 Å². The smallest absolute Gasteiger partial charge is 0.0338 e. The van der Waals surface area contributed by atoms with Gasteiger partial charge in [0.2, 0.25) is 0 Å². The van der Waals surface area contributed by atoms with Gasteiger partial charge in [0.25, 0.3) is 0 Å². The summed E-state index contributed by atoms with van der Waals surface area (Å²) >= 11 is 0. The maximum Gasteiger partial charge on any atom is 0.0338 e. The molecule has 1 aromatic heterocycles. The fourth-order valence-electron chi connectivity index (χ4n) is 3.95. The van der Waals surface area contributed by atoms with Crippen LogP contribution in [0.3, 0.4) is 0 Å². The largest absolute Gasteiger partial charge is 0.310 e. The van der Waals surface area contributed by atoms with Crippen molar-refractivity contribution in [1.82, 2.24) is 15.2 Å². The second kappa shape index (κ2) is 5.69. The second-order valence-electron chi connectivity index (χ2n) is 7.97. The molecule has 1 atom stereocenters. The molecule has 0 bridgehead atoms. The SMILES string of the molecule is CC(C)(C)C1CN(Cc2ccncc2)C2(CCCC2)CN1. The van der Waals surface area contributed by atoms with Crippen molar-refractivity contribution >= 4 is 0 Å². The van der Waals surface area contributed by atoms with Gasteiger partial charge in [0, 0.05) is 43.6 Å². The summed E-state index contributed by atoms with van der Waals surface area (Å²) in [5.41, 5.74) is 2.10. The molecule has 0 radical (unpaired) electrons. The third-order valence-corrected chi connectivity index (χ3v) is 5.45. The van der Waals surface area contributed by atoms with Gasteiger partial charge in [-0.15, -0.1) is 0 Å². The van der Waals surface area contributed by atoms with Crippen molar-refractivity contribution in [3.63, 3.8) is 0 Å². The van der Waals surface area contributed by atoms with Gasteiger partial charge in [-0.25, -0.2) is 0 Å². The number of nitrogens with one attached hydrogen (secondary N) is 1. The Morgan fingerprint density at radius 1 is 1.24 bits per heavy atom. The molecule has 2 fully saturated rings. The van der Waals surface area contributed by atoms with Crippen LogP contribution in [-0.2, 0) is 6.54 Å². The van der Waals surface area contributed by atoms with Crippen LogP contribution in [-0.4, -0.2) is 34.6 Å². The van der Waals surface area contributed by atoms with Crippen molar-refractivity contribution < 1.29 is 0 Å². The summed E-state index contributed by atoms with van der Waals surface area (Å²) in [6.07, 6.45) is 9.30. The molecule has 3 heteroatoms. The maximum absolute atomic E-state index is 4.15. The Morgan fingerprint density at radius 3 is 2.52 bits per heavy atom. The van der Waals surface area contributed by atoms with E-state index in [0.717, 1.165) is 19.6 Å². The Balaban J connectivity index is 1.80. The van der Waals surface area contributed by atoms with Gasteiger partial charge in [0.05, 0.1) is 0 Å². The minimum absolute atomic E-state index is 0.316. The van der Waals surface area contributed by atoms with E-state index in [1.165, 1.54) is 31.2 Å². The van der Waals surface area contributed by atoms with Crippen LogP contribution >= 0.6 is 0 Å². The monoisotopic (exact) mass is 287 g/mol. The predicted octanol–water partition coefficient (Wildman–Crippen LogP) is 3.21. The summed E-state index contributed by atoms with van der Waals surface area (Å²) in [7, 11) is 0. The first-order valence-electron chi connectivity index (χ1n) is 8.37. The van der Waals surface area contributed by atoms with Crippen LogP contribution in [0.15, 0.2) is 24.5 Å². The van der Waals surface area contributed by atoms with E-state index in [1.54, 1.807) is 0 Å². The van der Waals surface area contributed by atoms with E-state index in [-0.39, 0.29) is 0 Å². The second-order valence-corrected chi connectivity index (χ2v) is 7.97. The summed E-state index contributed by atoms with van der Waals surface area (Å²) in [5.74, 6) is 0. The molecule has 1 saturated heterocycles. The highest BCUT2D eigenvalue weighted by Gasteiger charge is 2.45. The van der Waals surface area contributed by atoms with Gasteiger partial charge in [-0.3, -0.25) is 9.88 Å². The normalized spacial score (nSPS) is 26.3. The van der Waals surface area contributed by atoms with E-state index in [4.69, 9.17) is 0 Å². The predicted molar refractivity (Wildman–Crippen MR) is 87.1 cm³/mol. The molecule has 1 aromatic rings. The zero-order valence-electron chi connectivity index (χ0n) is 13.7. The van der Waals surface area contributed by atoms with E-state index in [9.17, 15) is 0 Å². The molecule has 1 N–H and O–H groups in total. The summed E-state index contributed by atoms with van der Waals surface area (Å²) in [6.45, 7) is 10.4. The number of pyridine rings is 1. The van der Waals surface area contributed by atoms with E-state index < -0.39 is 0 Å². The van der Waals surface area contributed by atoms with E-state index in [0.29, 0.717) is 17.0 Å². The lowest BCUT2D eigenvalue weighted by atomic mass is 9.81. The van der Waals surface area contributed by atoms with Crippen LogP contribution in [0.1, 0.15) is 52.0 Å². The quantitative estimate of drug-likeness (QED) is 0.905. The van der Waals surface area contributed by atoms with Crippen molar-refractivity contribution in [2.45, 2.75) is 64.6 Å². The van der Waals surface area contributed by atoms with Crippen LogP contribution in [0.5, 0.6) is 0 Å². The Hall–Kier alpha value is -0.930. The van der Waals surface area contributed by atoms with Crippen molar-refractivity contribution in [3.05, 3.63) is 30.1 Å². The fraction of sp³-hybridized carbons (Fsp3) is 0.722. The number of nitrogens with zero attached hydrogens (tertiary/aromatic N) is 2. The lowest BCUT2D eigenvalue weighted by Gasteiger charge is -2.51. The number of hydrogen-bond donors (Lipinski definition) is 1. The van der Waals surface area contributed by atoms with E-state index in [1.807, 2.05) is 12.4 Å². The molecule has 1 unspecified atom stereocenters. The molecule has 3 rings (SSSR count). The van der Waals surface area contributed by atoms with E-state index >= 15 is 0 Å². The van der Waals surface area contributed by atoms with Crippen LogP contribution in [0.25, 0.3) is 0 Å². The van der Waals surface area contributed by atoms with Crippen LogP contribution in [0.4, 0.5) is 0 Å². The van der Waals surface area contributed by atoms with Gasteiger partial charge in [-0.05, 0) is 36.0 Å². The number of piperazine rings is 1. The van der Waals surface area contributed by atoms with Crippen molar-refractivity contribution in [2.75, 3.05) is 13.1 Å². The molecular weight excluding hydrogens is 258 g/mol. The van der Waals surface area contributed by atoms with Gasteiger partial charge < -0.3 is 5.32 Å². The molecule has 0 aromatic carbocycles. The molecule has 1 aliphatic carbocycles. The molecular formula is C18H29N3. The lowest BCUT2D eigenvalue weighted by Crippen LogP contribution is -2.65. The minimum Gasteiger partial charge on any atom is -0.310 e. The first-order valence-corrected chi connectivity index (χ1v) is 8.37. The first kappa shape index (κ1) is 15.0. The zero-order chi connectivity index (χ0) is 14.9. The Labute approximate surface area is 129 Å². The van der Waals surface area contributed by atoms with Crippen molar-refractivity contribution in [1.29, 1.82) is 0 Å². The number of aromatic nitrogens is 1. The molecule has 2 aliphatic rings. The average Bonchev–Trinajstić information content (AvgIpc) is 2.91. The highest BCUT2D eigenvalue weighted by Crippen LogP contribution is 2.39. The number of hydrogen-bond acceptors (Lipinski definition) is 3. The summed E-state index contributed by atoms with van der Waals surface area (Å²) in [4.78, 5) is 6.92. The van der Waals surface area contributed by atoms with Crippen LogP contribution < -0.4 is 5.32 Å². The molecule has 0 amide bonds. The molecule has 1 saturated carbocycles. The van der Waals surface area contributed by atoms with Gasteiger partial charge >= 0.3 is 0 Å². The van der Waals surface area contributed by atoms with Gasteiger partial charge in [-0.1, -0.05) is 33.6 Å². The highest BCUT2D eigenvalue weighted by molar-refractivity contribution is 5.13. The Morgan fingerprint density at radius 2 is 1.90 bits per heavy atom. The van der Waals surface area contributed by atoms with Crippen molar-refractivity contribution in [2.24, 2.45) is 5.41 Å². The standard InChI is InChI=1S/C18H29N3/c1-17(2,3)16-13-21(12-15-6-10-19-11-7-15)18(14-20-16)8-4-5-9-18/h6-7,10-11,16,20H,4-5,8-9,12-14H2,1-3H3. The minimum atomic E-state index is 0.316. The lowest BCUT2D eigenvalue weighted by molar-refractivity contribution is 0.0107. The fourth-order valence-corrected chi connectivity index (χ4v) is 3.95. The average molecular weight is 287 g/mol. The summed E-state index contributed by atoms with van der Waals surface area (Å²) in [5, 5.41) is 3.85. The van der Waals surface area contributed by atoms with Crippen LogP contribution in [0, 0.1) is 5.41 Å². The Bertz CT molecular complexity index is 457. The molecule has 1 spiro atoms. The maximum atomic E-state index is 4.15. The van der Waals surface area contributed by atoms with Crippen LogP contribution in [0.2, 0.25) is 0 Å². The third-order valence-electron chi connectivity index (χ3n) is 5.45. The number of rotatable bonds is 2. The molecule has 3 nitrogen and oxygen atoms in total. The first-order chi connectivity index (χ1) is 10.00. The summed E-state index contributed by atoms with van der Waals surface area (Å²) in [6, 6.07) is 4.90. The molecule has 1 aliphatic heterocycles.